The first-order valence-corrected chi connectivity index (χ1v) is 4.86. The van der Waals surface area contributed by atoms with E-state index in [2.05, 4.69) is 29.2 Å². The number of hydrogen-bond acceptors (Lipinski definition) is 2. The van der Waals surface area contributed by atoms with Gasteiger partial charge in [-0.2, -0.15) is 0 Å². The van der Waals surface area contributed by atoms with Crippen LogP contribution in [-0.4, -0.2) is 12.0 Å². The molecule has 0 bridgehead atoms. The molecule has 0 saturated heterocycles. The second kappa shape index (κ2) is 5.41. The number of fused-ring (bicyclic) bond motifs is 1. The highest BCUT2D eigenvalue weighted by Gasteiger charge is 2.18. The van der Waals surface area contributed by atoms with Crippen molar-refractivity contribution in [1.29, 1.82) is 0 Å². The molecule has 0 saturated carbocycles. The van der Waals surface area contributed by atoms with E-state index in [9.17, 15) is 0 Å². The molecule has 1 aliphatic carbocycles. The lowest BCUT2D eigenvalue weighted by Gasteiger charge is -2.23. The summed E-state index contributed by atoms with van der Waals surface area (Å²) in [7, 11) is 2.01. The van der Waals surface area contributed by atoms with Crippen molar-refractivity contribution >= 4 is 0 Å². The summed E-state index contributed by atoms with van der Waals surface area (Å²) >= 11 is 0. The Morgan fingerprint density at radius 2 is 2.29 bits per heavy atom. The molecule has 0 fully saturated rings. The van der Waals surface area contributed by atoms with Gasteiger partial charge in [-0.1, -0.05) is 6.07 Å². The van der Waals surface area contributed by atoms with Crippen molar-refractivity contribution in [1.82, 2.24) is 10.3 Å². The van der Waals surface area contributed by atoms with Crippen LogP contribution in [0.2, 0.25) is 0 Å². The van der Waals surface area contributed by atoms with Crippen LogP contribution in [-0.2, 0) is 6.42 Å². The zero-order chi connectivity index (χ0) is 10.4. The second-order valence-corrected chi connectivity index (χ2v) is 3.28. The van der Waals surface area contributed by atoms with Crippen LogP contribution in [0, 0.1) is 12.8 Å². The first-order valence-electron chi connectivity index (χ1n) is 4.86. The fourth-order valence-corrected chi connectivity index (χ4v) is 1.89. The van der Waals surface area contributed by atoms with Crippen LogP contribution < -0.4 is 5.32 Å². The van der Waals surface area contributed by atoms with Gasteiger partial charge in [-0.3, -0.25) is 4.98 Å². The van der Waals surface area contributed by atoms with Crippen molar-refractivity contribution in [3.63, 3.8) is 0 Å². The molecular formula is C12H16N2. The standard InChI is InChI=1S/C10H14N2.C2H2/c1-11-9-6-2-4-8-5-3-7-12-10(8)9;1-2/h3,5,7,9,11H,2,4,6H2,1H3;1-2H/t9-;/m0./s1. The average molecular weight is 188 g/mol. The minimum atomic E-state index is 0.481. The Labute approximate surface area is 85.8 Å². The number of rotatable bonds is 1. The van der Waals surface area contributed by atoms with Gasteiger partial charge in [0.15, 0.2) is 0 Å². The maximum absolute atomic E-state index is 4.41. The van der Waals surface area contributed by atoms with E-state index < -0.39 is 0 Å². The van der Waals surface area contributed by atoms with Gasteiger partial charge in [0.05, 0.1) is 5.69 Å². The Morgan fingerprint density at radius 3 is 3.00 bits per heavy atom. The summed E-state index contributed by atoms with van der Waals surface area (Å²) in [6.07, 6.45) is 13.6. The Bertz CT molecular complexity index is 304. The number of aryl methyl sites for hydroxylation is 1. The smallest absolute Gasteiger partial charge is 0.0604 e. The molecule has 0 aromatic carbocycles. The maximum atomic E-state index is 4.41. The highest BCUT2D eigenvalue weighted by atomic mass is 14.9. The Balaban J connectivity index is 0.000000461. The summed E-state index contributed by atoms with van der Waals surface area (Å²) in [5, 5.41) is 3.30. The van der Waals surface area contributed by atoms with Gasteiger partial charge in [0.1, 0.15) is 0 Å². The molecule has 0 unspecified atom stereocenters. The molecule has 0 amide bonds. The van der Waals surface area contributed by atoms with E-state index >= 15 is 0 Å². The molecule has 14 heavy (non-hydrogen) atoms. The first-order chi connectivity index (χ1) is 6.92. The lowest BCUT2D eigenvalue weighted by atomic mass is 9.92. The van der Waals surface area contributed by atoms with Crippen molar-refractivity contribution in [3.8, 4) is 12.8 Å². The van der Waals surface area contributed by atoms with Gasteiger partial charge < -0.3 is 5.32 Å². The lowest BCUT2D eigenvalue weighted by Crippen LogP contribution is -2.22. The molecule has 2 heteroatoms. The highest BCUT2D eigenvalue weighted by Crippen LogP contribution is 2.26. The van der Waals surface area contributed by atoms with Crippen LogP contribution in [0.5, 0.6) is 0 Å². The number of aromatic nitrogens is 1. The van der Waals surface area contributed by atoms with E-state index in [1.165, 1.54) is 30.5 Å². The lowest BCUT2D eigenvalue weighted by molar-refractivity contribution is 0.483. The monoisotopic (exact) mass is 188 g/mol. The third-order valence-electron chi connectivity index (χ3n) is 2.54. The molecule has 1 heterocycles. The summed E-state index contributed by atoms with van der Waals surface area (Å²) in [6.45, 7) is 0. The summed E-state index contributed by atoms with van der Waals surface area (Å²) in [5.41, 5.74) is 2.68. The summed E-state index contributed by atoms with van der Waals surface area (Å²) < 4.78 is 0. The number of terminal acetylenes is 1. The number of nitrogens with one attached hydrogen (secondary N) is 1. The molecule has 74 valence electrons. The number of hydrogen-bond donors (Lipinski definition) is 1. The van der Waals surface area contributed by atoms with Gasteiger partial charge in [0.2, 0.25) is 0 Å². The van der Waals surface area contributed by atoms with Crippen molar-refractivity contribution < 1.29 is 0 Å². The van der Waals surface area contributed by atoms with E-state index in [0.717, 1.165) is 0 Å². The van der Waals surface area contributed by atoms with E-state index in [4.69, 9.17) is 0 Å². The quantitative estimate of drug-likeness (QED) is 0.681. The summed E-state index contributed by atoms with van der Waals surface area (Å²) in [6, 6.07) is 4.69. The molecule has 1 N–H and O–H groups in total. The van der Waals surface area contributed by atoms with Gasteiger partial charge in [-0.15, -0.1) is 12.8 Å². The minimum absolute atomic E-state index is 0.481. The minimum Gasteiger partial charge on any atom is -0.312 e. The first kappa shape index (κ1) is 10.7. The summed E-state index contributed by atoms with van der Waals surface area (Å²) in [4.78, 5) is 4.41. The van der Waals surface area contributed by atoms with Crippen LogP contribution in [0.3, 0.4) is 0 Å². The Hall–Kier alpha value is -1.33. The number of pyridine rings is 1. The molecule has 0 radical (unpaired) electrons. The molecule has 1 aliphatic rings. The maximum Gasteiger partial charge on any atom is 0.0604 e. The average Bonchev–Trinajstić information content (AvgIpc) is 2.31. The SMILES string of the molecule is C#C.CN[C@H]1CCCc2cccnc21. The second-order valence-electron chi connectivity index (χ2n) is 3.28. The third kappa shape index (κ3) is 2.12. The predicted octanol–water partition coefficient (Wildman–Crippen LogP) is 1.93. The third-order valence-corrected chi connectivity index (χ3v) is 2.54. The van der Waals surface area contributed by atoms with Gasteiger partial charge in [0, 0.05) is 12.2 Å². The van der Waals surface area contributed by atoms with Crippen LogP contribution >= 0.6 is 0 Å². The van der Waals surface area contributed by atoms with E-state index in [1.54, 1.807) is 0 Å². The van der Waals surface area contributed by atoms with Gasteiger partial charge in [0.25, 0.3) is 0 Å². The van der Waals surface area contributed by atoms with Gasteiger partial charge >= 0.3 is 0 Å². The van der Waals surface area contributed by atoms with Crippen molar-refractivity contribution in [2.45, 2.75) is 25.3 Å². The fourth-order valence-electron chi connectivity index (χ4n) is 1.89. The van der Waals surface area contributed by atoms with Gasteiger partial charge in [-0.05, 0) is 37.9 Å². The van der Waals surface area contributed by atoms with Crippen LogP contribution in [0.25, 0.3) is 0 Å². The largest absolute Gasteiger partial charge is 0.312 e. The zero-order valence-electron chi connectivity index (χ0n) is 8.53. The zero-order valence-corrected chi connectivity index (χ0v) is 8.53. The predicted molar refractivity (Wildman–Crippen MR) is 58.9 cm³/mol. The number of nitrogens with zero attached hydrogens (tertiary/aromatic N) is 1. The van der Waals surface area contributed by atoms with Crippen molar-refractivity contribution in [2.24, 2.45) is 0 Å². The summed E-state index contributed by atoms with van der Waals surface area (Å²) in [5.74, 6) is 0. The van der Waals surface area contributed by atoms with Crippen LogP contribution in [0.4, 0.5) is 0 Å². The molecule has 1 atom stereocenters. The van der Waals surface area contributed by atoms with Crippen molar-refractivity contribution in [3.05, 3.63) is 29.6 Å². The Morgan fingerprint density at radius 1 is 1.50 bits per heavy atom. The molecule has 0 spiro atoms. The molecule has 1 aromatic heterocycles. The molecular weight excluding hydrogens is 172 g/mol. The molecule has 2 rings (SSSR count). The fraction of sp³-hybridized carbons (Fsp3) is 0.417. The molecule has 2 nitrogen and oxygen atoms in total. The highest BCUT2D eigenvalue weighted by molar-refractivity contribution is 5.25. The van der Waals surface area contributed by atoms with Crippen LogP contribution in [0.1, 0.15) is 30.1 Å². The van der Waals surface area contributed by atoms with E-state index in [1.807, 2.05) is 19.3 Å². The molecule has 0 aliphatic heterocycles. The van der Waals surface area contributed by atoms with Crippen LogP contribution in [0.15, 0.2) is 18.3 Å². The topological polar surface area (TPSA) is 24.9 Å². The van der Waals surface area contributed by atoms with Gasteiger partial charge in [-0.25, -0.2) is 0 Å². The van der Waals surface area contributed by atoms with E-state index in [0.29, 0.717) is 6.04 Å². The normalized spacial score (nSPS) is 18.9. The van der Waals surface area contributed by atoms with Crippen molar-refractivity contribution in [2.75, 3.05) is 7.05 Å². The Kier molecular flexibility index (Phi) is 4.15. The molecule has 1 aromatic rings. The van der Waals surface area contributed by atoms with E-state index in [-0.39, 0.29) is 0 Å².